The van der Waals surface area contributed by atoms with E-state index in [0.29, 0.717) is 6.61 Å². The SMILES string of the molecule is CCC[CH2][Sn]([CH2]CCC)([CH2]CCC)/[C](=C/CCOC1CCCCO1)C(=O)OC. The predicted octanol–water partition coefficient (Wildman–Crippen LogP) is 6.41. The minimum atomic E-state index is -2.78. The number of hydrogen-bond donors (Lipinski definition) is 0. The van der Waals surface area contributed by atoms with Gasteiger partial charge in [-0.3, -0.25) is 0 Å². The summed E-state index contributed by atoms with van der Waals surface area (Å²) >= 11 is -2.78. The predicted molar refractivity (Wildman–Crippen MR) is 119 cm³/mol. The van der Waals surface area contributed by atoms with Gasteiger partial charge in [0, 0.05) is 0 Å². The van der Waals surface area contributed by atoms with Gasteiger partial charge in [0.25, 0.3) is 0 Å². The standard InChI is InChI=1S/C11H17O4.3C4H9.Sn/c1-13-10(12)6-2-4-8-14-11-7-3-5-9-15-11;3*1-3-4-2;/h2,11H,3-5,7-9H2,1H3;3*1,3-4H2,2H3;. The molecule has 0 radical (unpaired) electrons. The van der Waals surface area contributed by atoms with Crippen LogP contribution in [0.3, 0.4) is 0 Å². The van der Waals surface area contributed by atoms with Gasteiger partial charge in [-0.05, 0) is 0 Å². The van der Waals surface area contributed by atoms with E-state index in [9.17, 15) is 4.79 Å². The monoisotopic (exact) mass is 504 g/mol. The summed E-state index contributed by atoms with van der Waals surface area (Å²) in [7, 11) is 1.54. The van der Waals surface area contributed by atoms with Crippen LogP contribution in [0.15, 0.2) is 9.67 Å². The van der Waals surface area contributed by atoms with Gasteiger partial charge in [0.2, 0.25) is 0 Å². The van der Waals surface area contributed by atoms with E-state index in [-0.39, 0.29) is 12.3 Å². The molecule has 0 N–H and O–H groups in total. The maximum absolute atomic E-state index is 12.8. The van der Waals surface area contributed by atoms with Gasteiger partial charge in [-0.25, -0.2) is 0 Å². The quantitative estimate of drug-likeness (QED) is 0.112. The molecular formula is C23H44O4Sn. The Labute approximate surface area is 177 Å². The summed E-state index contributed by atoms with van der Waals surface area (Å²) in [6, 6.07) is 0. The van der Waals surface area contributed by atoms with Crippen LogP contribution in [-0.2, 0) is 19.0 Å². The Morgan fingerprint density at radius 1 is 1.04 bits per heavy atom. The van der Waals surface area contributed by atoms with Crippen molar-refractivity contribution in [3.8, 4) is 0 Å². The van der Waals surface area contributed by atoms with Gasteiger partial charge in [-0.2, -0.15) is 0 Å². The van der Waals surface area contributed by atoms with E-state index in [2.05, 4.69) is 26.8 Å². The molecule has 0 aliphatic carbocycles. The van der Waals surface area contributed by atoms with E-state index in [1.165, 1.54) is 58.3 Å². The first-order chi connectivity index (χ1) is 13.6. The molecular weight excluding hydrogens is 459 g/mol. The van der Waals surface area contributed by atoms with Crippen LogP contribution in [-0.4, -0.2) is 51.0 Å². The summed E-state index contributed by atoms with van der Waals surface area (Å²) in [6.45, 7) is 8.21. The van der Waals surface area contributed by atoms with Crippen molar-refractivity contribution in [2.45, 2.75) is 105 Å². The van der Waals surface area contributed by atoms with E-state index >= 15 is 0 Å². The molecule has 0 aromatic rings. The molecule has 1 fully saturated rings. The van der Waals surface area contributed by atoms with Crippen LogP contribution in [0.1, 0.15) is 85.0 Å². The number of hydrogen-bond acceptors (Lipinski definition) is 4. The molecule has 0 aromatic carbocycles. The van der Waals surface area contributed by atoms with Gasteiger partial charge in [-0.1, -0.05) is 0 Å². The number of esters is 1. The second kappa shape index (κ2) is 15.7. The van der Waals surface area contributed by atoms with E-state index in [1.54, 1.807) is 7.11 Å². The first-order valence-corrected chi connectivity index (χ1v) is 19.1. The van der Waals surface area contributed by atoms with Crippen LogP contribution in [0.2, 0.25) is 13.3 Å². The van der Waals surface area contributed by atoms with E-state index < -0.39 is 18.4 Å². The molecule has 1 aliphatic heterocycles. The fourth-order valence-electron chi connectivity index (χ4n) is 4.20. The fraction of sp³-hybridized carbons (Fsp3) is 0.870. The van der Waals surface area contributed by atoms with Crippen molar-refractivity contribution in [1.82, 2.24) is 0 Å². The molecule has 0 amide bonds. The topological polar surface area (TPSA) is 44.8 Å². The summed E-state index contributed by atoms with van der Waals surface area (Å²) in [5.41, 5.74) is 0. The number of ether oxygens (including phenoxy) is 3. The third-order valence-electron chi connectivity index (χ3n) is 5.91. The molecule has 0 aromatic heterocycles. The van der Waals surface area contributed by atoms with Crippen LogP contribution in [0.4, 0.5) is 0 Å². The van der Waals surface area contributed by atoms with Gasteiger partial charge >= 0.3 is 178 Å². The van der Waals surface area contributed by atoms with Crippen LogP contribution >= 0.6 is 0 Å². The second-order valence-corrected chi connectivity index (χ2v) is 21.3. The average Bonchev–Trinajstić information content (AvgIpc) is 2.74. The molecule has 1 unspecified atom stereocenters. The number of carbonyl (C=O) groups is 1. The van der Waals surface area contributed by atoms with Crippen LogP contribution in [0.5, 0.6) is 0 Å². The van der Waals surface area contributed by atoms with Crippen molar-refractivity contribution in [2.24, 2.45) is 0 Å². The fourth-order valence-corrected chi connectivity index (χ4v) is 20.6. The zero-order chi connectivity index (χ0) is 20.7. The summed E-state index contributed by atoms with van der Waals surface area (Å²) in [4.78, 5) is 12.8. The van der Waals surface area contributed by atoms with Crippen LogP contribution in [0, 0.1) is 0 Å². The molecule has 1 rings (SSSR count). The van der Waals surface area contributed by atoms with Crippen molar-refractivity contribution < 1.29 is 19.0 Å². The van der Waals surface area contributed by atoms with Crippen molar-refractivity contribution in [2.75, 3.05) is 20.3 Å². The molecule has 0 bridgehead atoms. The summed E-state index contributed by atoms with van der Waals surface area (Å²) < 4.78 is 21.8. The number of unbranched alkanes of at least 4 members (excludes halogenated alkanes) is 3. The molecule has 1 atom stereocenters. The molecule has 5 heteroatoms. The molecule has 1 heterocycles. The van der Waals surface area contributed by atoms with Crippen molar-refractivity contribution >= 4 is 24.3 Å². The third-order valence-corrected chi connectivity index (χ3v) is 21.6. The Morgan fingerprint density at radius 2 is 1.64 bits per heavy atom. The zero-order valence-corrected chi connectivity index (χ0v) is 21.7. The number of carbonyl (C=O) groups excluding carboxylic acids is 1. The summed E-state index contributed by atoms with van der Waals surface area (Å²) in [5.74, 6) is -0.0620. The second-order valence-electron chi connectivity index (χ2n) is 8.16. The summed E-state index contributed by atoms with van der Waals surface area (Å²) in [6.07, 6.45) is 13.6. The molecule has 1 saturated heterocycles. The Kier molecular flexibility index (Phi) is 14.6. The van der Waals surface area contributed by atoms with E-state index in [1.807, 2.05) is 0 Å². The number of rotatable bonds is 15. The van der Waals surface area contributed by atoms with Gasteiger partial charge in [0.1, 0.15) is 0 Å². The van der Waals surface area contributed by atoms with E-state index in [4.69, 9.17) is 14.2 Å². The van der Waals surface area contributed by atoms with Crippen LogP contribution < -0.4 is 0 Å². The molecule has 4 nitrogen and oxygen atoms in total. The van der Waals surface area contributed by atoms with Crippen molar-refractivity contribution in [3.63, 3.8) is 0 Å². The Morgan fingerprint density at radius 3 is 2.11 bits per heavy atom. The Balaban J connectivity index is 2.92. The molecule has 0 saturated carbocycles. The molecule has 1 aliphatic rings. The third kappa shape index (κ3) is 9.17. The van der Waals surface area contributed by atoms with Crippen molar-refractivity contribution in [3.05, 3.63) is 9.67 Å². The Bertz CT molecular complexity index is 422. The van der Waals surface area contributed by atoms with Gasteiger partial charge in [0.05, 0.1) is 0 Å². The first kappa shape index (κ1) is 26.0. The molecule has 28 heavy (non-hydrogen) atoms. The van der Waals surface area contributed by atoms with Crippen molar-refractivity contribution in [1.29, 1.82) is 0 Å². The molecule has 164 valence electrons. The first-order valence-electron chi connectivity index (χ1n) is 11.7. The van der Waals surface area contributed by atoms with E-state index in [0.717, 1.165) is 29.5 Å². The zero-order valence-electron chi connectivity index (χ0n) is 18.9. The van der Waals surface area contributed by atoms with Crippen LogP contribution in [0.25, 0.3) is 0 Å². The van der Waals surface area contributed by atoms with Gasteiger partial charge in [-0.15, -0.1) is 0 Å². The minimum absolute atomic E-state index is 0.0581. The van der Waals surface area contributed by atoms with Gasteiger partial charge < -0.3 is 0 Å². The molecule has 0 spiro atoms. The van der Waals surface area contributed by atoms with Gasteiger partial charge in [0.15, 0.2) is 0 Å². The maximum atomic E-state index is 12.8. The normalized spacial score (nSPS) is 18.3. The average molecular weight is 503 g/mol. The summed E-state index contributed by atoms with van der Waals surface area (Å²) in [5, 5.41) is 0. The Hall–Kier alpha value is -0.0713. The number of methoxy groups -OCH3 is 1.